The average Bonchev–Trinajstić information content (AvgIpc) is 3.01. The Morgan fingerprint density at radius 1 is 0.515 bits per heavy atom. The van der Waals surface area contributed by atoms with E-state index in [9.17, 15) is 77.6 Å². The molecular weight excluding hydrogens is 590 g/mol. The number of nitrogens with one attached hydrogen (secondary N) is 2. The Balaban J connectivity index is 3.46. The fourth-order valence-corrected chi connectivity index (χ4v) is 5.71. The number of aromatic nitrogens is 2. The first-order valence-electron chi connectivity index (χ1n) is 6.41. The number of hydrogen-bond donors (Lipinski definition) is 2. The van der Waals surface area contributed by atoms with Gasteiger partial charge in [-0.15, -0.1) is 10.2 Å². The van der Waals surface area contributed by atoms with Crippen LogP contribution in [-0.2, 0) is 50.6 Å². The highest BCUT2D eigenvalue weighted by atomic mass is 32.3. The standard InChI is InChI=1S/C6H2F10N4O9S4/c7-3(8,30(21,22)19-32(25,26)5(11,12)13)1-17-18-2(29-1)4(9,10)31(23,24)20-33(27,28)6(14,15)16/h19-20H. The molecule has 2 N–H and O–H groups in total. The highest BCUT2D eigenvalue weighted by Gasteiger charge is 2.61. The summed E-state index contributed by atoms with van der Waals surface area (Å²) in [5.41, 5.74) is -13.0. The van der Waals surface area contributed by atoms with E-state index >= 15 is 0 Å². The molecule has 1 rings (SSSR count). The Morgan fingerprint density at radius 3 is 0.970 bits per heavy atom. The highest BCUT2D eigenvalue weighted by Crippen LogP contribution is 2.39. The monoisotopic (exact) mass is 592 g/mol. The Kier molecular flexibility index (Phi) is 6.94. The smallest absolute Gasteiger partial charge is 0.412 e. The number of halogens is 10. The van der Waals surface area contributed by atoms with E-state index in [-0.39, 0.29) is 0 Å². The quantitative estimate of drug-likeness (QED) is 0.376. The highest BCUT2D eigenvalue weighted by molar-refractivity contribution is 8.05. The van der Waals surface area contributed by atoms with Gasteiger partial charge in [0.25, 0.3) is 0 Å². The molecule has 0 amide bonds. The van der Waals surface area contributed by atoms with Crippen LogP contribution in [0, 0.1) is 0 Å². The van der Waals surface area contributed by atoms with E-state index in [2.05, 4.69) is 4.42 Å². The molecule has 0 aliphatic carbocycles. The van der Waals surface area contributed by atoms with Gasteiger partial charge in [0.05, 0.1) is 0 Å². The van der Waals surface area contributed by atoms with E-state index < -0.39 is 81.7 Å². The zero-order valence-electron chi connectivity index (χ0n) is 14.0. The first-order chi connectivity index (χ1) is 14.1. The summed E-state index contributed by atoms with van der Waals surface area (Å²) in [5.74, 6) is -6.01. The van der Waals surface area contributed by atoms with Crippen LogP contribution in [0.25, 0.3) is 0 Å². The molecule has 0 saturated carbocycles. The van der Waals surface area contributed by atoms with Crippen molar-refractivity contribution in [3.8, 4) is 0 Å². The molecule has 0 aliphatic rings. The molecule has 0 aliphatic heterocycles. The topological polar surface area (TPSA) is 200 Å². The van der Waals surface area contributed by atoms with Gasteiger partial charge in [-0.05, 0) is 0 Å². The summed E-state index contributed by atoms with van der Waals surface area (Å²) in [4.78, 5) is 0. The second-order valence-corrected chi connectivity index (χ2v) is 12.3. The zero-order chi connectivity index (χ0) is 26.7. The van der Waals surface area contributed by atoms with E-state index in [4.69, 9.17) is 0 Å². The minimum atomic E-state index is -7.11. The molecule has 13 nitrogen and oxygen atoms in total. The molecule has 27 heteroatoms. The van der Waals surface area contributed by atoms with Crippen LogP contribution in [0.1, 0.15) is 11.8 Å². The lowest BCUT2D eigenvalue weighted by atomic mass is 10.7. The molecule has 0 atom stereocenters. The van der Waals surface area contributed by atoms with Gasteiger partial charge in [-0.1, -0.05) is 8.25 Å². The molecule has 1 heterocycles. The van der Waals surface area contributed by atoms with Gasteiger partial charge in [-0.2, -0.15) is 43.9 Å². The summed E-state index contributed by atoms with van der Waals surface area (Å²) in [7, 11) is -28.3. The molecule has 194 valence electrons. The molecule has 0 bridgehead atoms. The number of sulfonamides is 4. The third-order valence-corrected chi connectivity index (χ3v) is 9.07. The lowest BCUT2D eigenvalue weighted by Crippen LogP contribution is -2.46. The van der Waals surface area contributed by atoms with Crippen molar-refractivity contribution in [2.24, 2.45) is 0 Å². The summed E-state index contributed by atoms with van der Waals surface area (Å²) in [5, 5.41) is -8.49. The first kappa shape index (κ1) is 29.2. The van der Waals surface area contributed by atoms with Crippen molar-refractivity contribution in [2.45, 2.75) is 21.5 Å². The van der Waals surface area contributed by atoms with Crippen molar-refractivity contribution < 1.29 is 82.0 Å². The van der Waals surface area contributed by atoms with E-state index in [0.29, 0.717) is 0 Å². The fraction of sp³-hybridized carbons (Fsp3) is 0.667. The van der Waals surface area contributed by atoms with Crippen molar-refractivity contribution in [2.75, 3.05) is 0 Å². The summed E-state index contributed by atoms with van der Waals surface area (Å²) in [6.45, 7) is 0. The largest absolute Gasteiger partial charge is 0.512 e. The summed E-state index contributed by atoms with van der Waals surface area (Å²) in [6, 6.07) is 0. The van der Waals surface area contributed by atoms with Gasteiger partial charge < -0.3 is 4.42 Å². The molecule has 1 aromatic heterocycles. The van der Waals surface area contributed by atoms with Crippen LogP contribution in [0.3, 0.4) is 0 Å². The van der Waals surface area contributed by atoms with E-state index in [0.717, 1.165) is 0 Å². The lowest BCUT2D eigenvalue weighted by molar-refractivity contribution is -0.0448. The van der Waals surface area contributed by atoms with Gasteiger partial charge in [0, 0.05) is 0 Å². The van der Waals surface area contributed by atoms with Gasteiger partial charge in [0.15, 0.2) is 0 Å². The first-order valence-corrected chi connectivity index (χ1v) is 12.3. The van der Waals surface area contributed by atoms with Crippen LogP contribution in [0.15, 0.2) is 4.42 Å². The van der Waals surface area contributed by atoms with Crippen molar-refractivity contribution in [3.63, 3.8) is 0 Å². The maximum atomic E-state index is 13.8. The molecular formula is C6H2F10N4O9S4. The summed E-state index contributed by atoms with van der Waals surface area (Å²) in [6.07, 6.45) is 0. The maximum absolute atomic E-state index is 13.8. The van der Waals surface area contributed by atoms with Crippen LogP contribution >= 0.6 is 0 Å². The van der Waals surface area contributed by atoms with Crippen molar-refractivity contribution in [3.05, 3.63) is 11.8 Å². The van der Waals surface area contributed by atoms with E-state index in [1.54, 1.807) is 0 Å². The minimum absolute atomic E-state index is 0.543. The second-order valence-electron chi connectivity index (χ2n) is 5.02. The maximum Gasteiger partial charge on any atom is 0.512 e. The fourth-order valence-electron chi connectivity index (χ4n) is 1.18. The van der Waals surface area contributed by atoms with Crippen molar-refractivity contribution in [1.29, 1.82) is 0 Å². The number of rotatable bonds is 8. The molecule has 0 unspecified atom stereocenters. The van der Waals surface area contributed by atoms with Gasteiger partial charge in [0.1, 0.15) is 0 Å². The Hall–Kier alpha value is -1.84. The molecule has 0 radical (unpaired) electrons. The number of alkyl halides is 10. The lowest BCUT2D eigenvalue weighted by Gasteiger charge is -2.16. The minimum Gasteiger partial charge on any atom is -0.412 e. The van der Waals surface area contributed by atoms with Gasteiger partial charge in [-0.25, -0.2) is 33.7 Å². The normalized spacial score (nSPS) is 15.6. The summed E-state index contributed by atoms with van der Waals surface area (Å²) >= 11 is 0. The van der Waals surface area contributed by atoms with E-state index in [1.165, 1.54) is 0 Å². The number of hydrogen-bond acceptors (Lipinski definition) is 11. The van der Waals surface area contributed by atoms with Gasteiger partial charge >= 0.3 is 73.4 Å². The third kappa shape index (κ3) is 5.30. The van der Waals surface area contributed by atoms with Crippen LogP contribution in [0.5, 0.6) is 0 Å². The third-order valence-electron chi connectivity index (χ3n) is 2.65. The Morgan fingerprint density at radius 2 is 0.758 bits per heavy atom. The average molecular weight is 592 g/mol. The molecule has 1 aromatic rings. The predicted octanol–water partition coefficient (Wildman–Crippen LogP) is -0.294. The Bertz CT molecular complexity index is 1240. The van der Waals surface area contributed by atoms with E-state index in [1.807, 2.05) is 10.2 Å². The van der Waals surface area contributed by atoms with Gasteiger partial charge in [0.2, 0.25) is 0 Å². The Labute approximate surface area is 174 Å². The number of nitrogens with zero attached hydrogens (tertiary/aromatic N) is 2. The molecule has 0 aromatic carbocycles. The zero-order valence-corrected chi connectivity index (χ0v) is 17.2. The van der Waals surface area contributed by atoms with Crippen LogP contribution in [0.4, 0.5) is 43.9 Å². The van der Waals surface area contributed by atoms with Crippen LogP contribution in [0.2, 0.25) is 0 Å². The molecule has 0 saturated heterocycles. The van der Waals surface area contributed by atoms with Crippen LogP contribution < -0.4 is 8.25 Å². The molecule has 0 fully saturated rings. The second kappa shape index (κ2) is 7.85. The molecule has 33 heavy (non-hydrogen) atoms. The van der Waals surface area contributed by atoms with Crippen molar-refractivity contribution in [1.82, 2.24) is 18.5 Å². The van der Waals surface area contributed by atoms with Crippen molar-refractivity contribution >= 4 is 40.1 Å². The summed E-state index contributed by atoms with van der Waals surface area (Å²) < 4.78 is 218. The molecule has 0 spiro atoms. The SMILES string of the molecule is O=S(=O)(NS(=O)(=O)C(F)(F)c1nnc(C(F)(F)S(=O)(=O)NS(=O)(=O)C(F)(F)F)o1)C(F)(F)F. The van der Waals surface area contributed by atoms with Crippen LogP contribution in [-0.4, -0.2) is 54.9 Å². The van der Waals surface area contributed by atoms with Gasteiger partial charge in [-0.3, -0.25) is 0 Å². The predicted molar refractivity (Wildman–Crippen MR) is 76.1 cm³/mol.